The highest BCUT2D eigenvalue weighted by Gasteiger charge is 2.12. The summed E-state index contributed by atoms with van der Waals surface area (Å²) in [6.45, 7) is 4.31. The molecule has 2 N–H and O–H groups in total. The van der Waals surface area contributed by atoms with Crippen LogP contribution >= 0.6 is 11.6 Å². The first kappa shape index (κ1) is 18.7. The number of nitrogens with zero attached hydrogens (tertiary/aromatic N) is 2. The molecule has 0 radical (unpaired) electrons. The van der Waals surface area contributed by atoms with Crippen molar-refractivity contribution in [2.24, 2.45) is 0 Å². The summed E-state index contributed by atoms with van der Waals surface area (Å²) >= 11 is 6.12. The van der Waals surface area contributed by atoms with E-state index < -0.39 is 0 Å². The van der Waals surface area contributed by atoms with Gasteiger partial charge in [0.05, 0.1) is 24.7 Å². The minimum atomic E-state index is -0.361. The third-order valence-corrected chi connectivity index (χ3v) is 4.26. The van der Waals surface area contributed by atoms with Crippen LogP contribution in [0.5, 0.6) is 5.75 Å². The van der Waals surface area contributed by atoms with Crippen molar-refractivity contribution in [2.45, 2.75) is 13.8 Å². The van der Waals surface area contributed by atoms with Crippen molar-refractivity contribution in [3.05, 3.63) is 71.1 Å². The summed E-state index contributed by atoms with van der Waals surface area (Å²) in [7, 11) is 0. The number of hydrogen-bond donors (Lipinski definition) is 2. The fourth-order valence-corrected chi connectivity index (χ4v) is 2.60. The number of carbonyl (C=O) groups excluding carboxylic acids is 1. The molecular formula is C20H19ClN4O2. The summed E-state index contributed by atoms with van der Waals surface area (Å²) in [5.41, 5.74) is 2.53. The van der Waals surface area contributed by atoms with E-state index in [1.165, 1.54) is 12.4 Å². The summed E-state index contributed by atoms with van der Waals surface area (Å²) in [6, 6.07) is 12.8. The number of benzene rings is 2. The van der Waals surface area contributed by atoms with Crippen LogP contribution in [0.15, 0.2) is 54.9 Å². The van der Waals surface area contributed by atoms with E-state index in [2.05, 4.69) is 20.6 Å². The number of carbonyl (C=O) groups is 1. The van der Waals surface area contributed by atoms with E-state index in [1.54, 1.807) is 12.1 Å². The second-order valence-electron chi connectivity index (χ2n) is 5.71. The fourth-order valence-electron chi connectivity index (χ4n) is 2.43. The van der Waals surface area contributed by atoms with Gasteiger partial charge in [-0.05, 0) is 43.7 Å². The molecule has 0 aliphatic carbocycles. The molecule has 0 saturated heterocycles. The number of halogens is 1. The highest BCUT2D eigenvalue weighted by Crippen LogP contribution is 2.26. The van der Waals surface area contributed by atoms with E-state index in [4.69, 9.17) is 16.3 Å². The second kappa shape index (κ2) is 8.51. The third-order valence-electron chi connectivity index (χ3n) is 3.85. The summed E-state index contributed by atoms with van der Waals surface area (Å²) in [5.74, 6) is 0.766. The van der Waals surface area contributed by atoms with Crippen molar-refractivity contribution in [1.29, 1.82) is 0 Å². The number of anilines is 3. The Morgan fingerprint density at radius 3 is 2.59 bits per heavy atom. The lowest BCUT2D eigenvalue weighted by molar-refractivity contribution is 0.102. The highest BCUT2D eigenvalue weighted by atomic mass is 35.5. The van der Waals surface area contributed by atoms with E-state index in [9.17, 15) is 4.79 Å². The van der Waals surface area contributed by atoms with Crippen LogP contribution in [-0.4, -0.2) is 22.5 Å². The molecule has 0 aliphatic rings. The van der Waals surface area contributed by atoms with Gasteiger partial charge in [0.1, 0.15) is 17.3 Å². The molecule has 3 aromatic rings. The number of nitrogens with one attached hydrogen (secondary N) is 2. The van der Waals surface area contributed by atoms with Gasteiger partial charge in [-0.25, -0.2) is 9.97 Å². The molecule has 0 fully saturated rings. The minimum absolute atomic E-state index is 0.203. The number of hydrogen-bond acceptors (Lipinski definition) is 5. The first-order valence-corrected chi connectivity index (χ1v) is 8.83. The zero-order chi connectivity index (χ0) is 19.2. The Labute approximate surface area is 162 Å². The maximum absolute atomic E-state index is 12.4. The quantitative estimate of drug-likeness (QED) is 0.638. The lowest BCUT2D eigenvalue weighted by Gasteiger charge is -2.11. The number of aromatic nitrogens is 2. The van der Waals surface area contributed by atoms with E-state index in [0.29, 0.717) is 28.9 Å². The van der Waals surface area contributed by atoms with Gasteiger partial charge in [-0.3, -0.25) is 4.79 Å². The molecule has 1 heterocycles. The van der Waals surface area contributed by atoms with Crippen LogP contribution in [0.25, 0.3) is 0 Å². The maximum Gasteiger partial charge on any atom is 0.275 e. The van der Waals surface area contributed by atoms with E-state index in [1.807, 2.05) is 44.2 Å². The molecule has 6 nitrogen and oxygen atoms in total. The van der Waals surface area contributed by atoms with Crippen molar-refractivity contribution in [1.82, 2.24) is 9.97 Å². The van der Waals surface area contributed by atoms with Gasteiger partial charge in [-0.1, -0.05) is 29.8 Å². The van der Waals surface area contributed by atoms with Crippen LogP contribution in [-0.2, 0) is 0 Å². The van der Waals surface area contributed by atoms with Gasteiger partial charge in [0.15, 0.2) is 0 Å². The molecule has 0 atom stereocenters. The largest absolute Gasteiger partial charge is 0.492 e. The van der Waals surface area contributed by atoms with Crippen molar-refractivity contribution in [3.63, 3.8) is 0 Å². The van der Waals surface area contributed by atoms with Crippen LogP contribution in [0.2, 0.25) is 5.02 Å². The zero-order valence-electron chi connectivity index (χ0n) is 15.0. The Balaban J connectivity index is 1.72. The fraction of sp³-hybridized carbons (Fsp3) is 0.150. The van der Waals surface area contributed by atoms with Gasteiger partial charge in [0.25, 0.3) is 5.91 Å². The van der Waals surface area contributed by atoms with E-state index in [0.717, 1.165) is 11.3 Å². The molecule has 0 unspecified atom stereocenters. The summed E-state index contributed by atoms with van der Waals surface area (Å²) in [4.78, 5) is 20.9. The second-order valence-corrected chi connectivity index (χ2v) is 6.11. The Morgan fingerprint density at radius 1 is 1.07 bits per heavy atom. The normalized spacial score (nSPS) is 10.3. The Morgan fingerprint density at radius 2 is 1.85 bits per heavy atom. The number of amides is 1. The van der Waals surface area contributed by atoms with Crippen molar-refractivity contribution in [3.8, 4) is 5.75 Å². The third kappa shape index (κ3) is 4.54. The topological polar surface area (TPSA) is 76.1 Å². The molecule has 138 valence electrons. The Hall–Kier alpha value is -3.12. The Kier molecular flexibility index (Phi) is 5.88. The lowest BCUT2D eigenvalue weighted by Crippen LogP contribution is -2.15. The molecule has 0 spiro atoms. The first-order valence-electron chi connectivity index (χ1n) is 8.46. The van der Waals surface area contributed by atoms with Gasteiger partial charge >= 0.3 is 0 Å². The number of ether oxygens (including phenoxy) is 1. The number of para-hydroxylation sites is 2. The molecular weight excluding hydrogens is 364 g/mol. The number of rotatable bonds is 6. The molecule has 1 aromatic heterocycles. The Bertz CT molecular complexity index is 945. The minimum Gasteiger partial charge on any atom is -0.492 e. The first-order chi connectivity index (χ1) is 13.1. The average Bonchev–Trinajstić information content (AvgIpc) is 2.68. The van der Waals surface area contributed by atoms with Gasteiger partial charge in [-0.15, -0.1) is 0 Å². The van der Waals surface area contributed by atoms with Crippen LogP contribution < -0.4 is 15.4 Å². The molecule has 3 rings (SSSR count). The van der Waals surface area contributed by atoms with Gasteiger partial charge in [0.2, 0.25) is 0 Å². The summed E-state index contributed by atoms with van der Waals surface area (Å²) in [6.07, 6.45) is 2.92. The average molecular weight is 383 g/mol. The van der Waals surface area contributed by atoms with Crippen LogP contribution in [0.4, 0.5) is 17.2 Å². The monoisotopic (exact) mass is 382 g/mol. The molecule has 2 aromatic carbocycles. The molecule has 7 heteroatoms. The SMILES string of the molecule is CCOc1ccccc1NC(=O)c1cnc(Nc2cccc(Cl)c2C)cn1. The maximum atomic E-state index is 12.4. The van der Waals surface area contributed by atoms with Crippen LogP contribution in [0.1, 0.15) is 23.0 Å². The molecule has 0 saturated carbocycles. The predicted octanol–water partition coefficient (Wildman–Crippen LogP) is 4.83. The van der Waals surface area contributed by atoms with Gasteiger partial charge < -0.3 is 15.4 Å². The van der Waals surface area contributed by atoms with Crippen LogP contribution in [0.3, 0.4) is 0 Å². The van der Waals surface area contributed by atoms with Gasteiger partial charge in [-0.2, -0.15) is 0 Å². The summed E-state index contributed by atoms with van der Waals surface area (Å²) in [5, 5.41) is 6.60. The molecule has 0 aliphatic heterocycles. The molecule has 1 amide bonds. The van der Waals surface area contributed by atoms with Crippen molar-refractivity contribution in [2.75, 3.05) is 17.2 Å². The summed E-state index contributed by atoms with van der Waals surface area (Å²) < 4.78 is 5.51. The van der Waals surface area contributed by atoms with Crippen molar-refractivity contribution < 1.29 is 9.53 Å². The van der Waals surface area contributed by atoms with Crippen molar-refractivity contribution >= 4 is 34.7 Å². The van der Waals surface area contributed by atoms with Crippen LogP contribution in [0, 0.1) is 6.92 Å². The standard InChI is InChI=1S/C20H19ClN4O2/c1-3-27-18-10-5-4-8-16(18)25-20(26)17-11-23-19(12-22-17)24-15-9-6-7-14(21)13(15)2/h4-12H,3H2,1-2H3,(H,23,24)(H,25,26). The molecule has 0 bridgehead atoms. The van der Waals surface area contributed by atoms with E-state index >= 15 is 0 Å². The lowest BCUT2D eigenvalue weighted by atomic mass is 10.2. The smallest absolute Gasteiger partial charge is 0.275 e. The highest BCUT2D eigenvalue weighted by molar-refractivity contribution is 6.31. The van der Waals surface area contributed by atoms with Gasteiger partial charge in [0, 0.05) is 10.7 Å². The molecule has 27 heavy (non-hydrogen) atoms. The zero-order valence-corrected chi connectivity index (χ0v) is 15.7. The van der Waals surface area contributed by atoms with E-state index in [-0.39, 0.29) is 11.6 Å². The predicted molar refractivity (Wildman–Crippen MR) is 107 cm³/mol.